The van der Waals surface area contributed by atoms with Crippen molar-refractivity contribution in [1.29, 1.82) is 0 Å². The molecule has 0 saturated heterocycles. The normalized spacial score (nSPS) is 11.8. The molecule has 0 aliphatic heterocycles. The number of nitrogens with one attached hydrogen (secondary N) is 1. The first-order chi connectivity index (χ1) is 11.5. The zero-order chi connectivity index (χ0) is 17.5. The minimum absolute atomic E-state index is 0.0331. The first-order valence-electron chi connectivity index (χ1n) is 7.82. The van der Waals surface area contributed by atoms with E-state index in [1.807, 2.05) is 24.3 Å². The topological polar surface area (TPSA) is 99.2 Å². The van der Waals surface area contributed by atoms with Crippen LogP contribution in [0.2, 0.25) is 0 Å². The number of hydrogen-bond acceptors (Lipinski definition) is 4. The van der Waals surface area contributed by atoms with E-state index in [4.69, 9.17) is 10.5 Å². The lowest BCUT2D eigenvalue weighted by Crippen LogP contribution is -2.21. The Labute approximate surface area is 140 Å². The predicted molar refractivity (Wildman–Crippen MR) is 90.7 cm³/mol. The maximum absolute atomic E-state index is 12.0. The predicted octanol–water partition coefficient (Wildman–Crippen LogP) is 1.90. The first kappa shape index (κ1) is 17.5. The average molecular weight is 330 g/mol. The SMILES string of the molecule is CC[C@H](C)c1ccccc1OCC(=O)Nc1cnn(CC(N)=O)c1. The van der Waals surface area contributed by atoms with E-state index in [1.54, 1.807) is 0 Å². The van der Waals surface area contributed by atoms with Crippen LogP contribution in [0.5, 0.6) is 5.75 Å². The Balaban J connectivity index is 1.92. The third-order valence-electron chi connectivity index (χ3n) is 3.66. The number of ether oxygens (including phenoxy) is 1. The smallest absolute Gasteiger partial charge is 0.262 e. The summed E-state index contributed by atoms with van der Waals surface area (Å²) < 4.78 is 7.01. The molecule has 0 fully saturated rings. The summed E-state index contributed by atoms with van der Waals surface area (Å²) >= 11 is 0. The maximum Gasteiger partial charge on any atom is 0.262 e. The highest BCUT2D eigenvalue weighted by Crippen LogP contribution is 2.28. The van der Waals surface area contributed by atoms with E-state index in [2.05, 4.69) is 24.3 Å². The van der Waals surface area contributed by atoms with Gasteiger partial charge in [-0.05, 0) is 24.0 Å². The zero-order valence-electron chi connectivity index (χ0n) is 13.9. The van der Waals surface area contributed by atoms with E-state index in [0.717, 1.165) is 12.0 Å². The van der Waals surface area contributed by atoms with Crippen molar-refractivity contribution in [3.8, 4) is 5.75 Å². The summed E-state index contributed by atoms with van der Waals surface area (Å²) in [6, 6.07) is 7.71. The molecule has 128 valence electrons. The lowest BCUT2D eigenvalue weighted by atomic mass is 9.98. The van der Waals surface area contributed by atoms with E-state index in [9.17, 15) is 9.59 Å². The molecule has 0 spiro atoms. The molecule has 1 aromatic heterocycles. The molecule has 1 heterocycles. The molecule has 0 saturated carbocycles. The zero-order valence-corrected chi connectivity index (χ0v) is 13.9. The molecule has 2 rings (SSSR count). The molecule has 0 aliphatic rings. The number of hydrogen-bond donors (Lipinski definition) is 2. The van der Waals surface area contributed by atoms with E-state index in [1.165, 1.54) is 17.1 Å². The number of anilines is 1. The molecule has 1 atom stereocenters. The Morgan fingerprint density at radius 3 is 2.83 bits per heavy atom. The van der Waals surface area contributed by atoms with Gasteiger partial charge in [-0.3, -0.25) is 14.3 Å². The molecule has 0 radical (unpaired) electrons. The van der Waals surface area contributed by atoms with E-state index < -0.39 is 5.91 Å². The van der Waals surface area contributed by atoms with Crippen LogP contribution in [0.25, 0.3) is 0 Å². The summed E-state index contributed by atoms with van der Waals surface area (Å²) in [7, 11) is 0. The highest BCUT2D eigenvalue weighted by molar-refractivity contribution is 5.91. The van der Waals surface area contributed by atoms with Gasteiger partial charge in [0.15, 0.2) is 6.61 Å². The standard InChI is InChI=1S/C17H22N4O3/c1-3-12(2)14-6-4-5-7-15(14)24-11-17(23)20-13-8-19-21(9-13)10-16(18)22/h4-9,12H,3,10-11H2,1-2H3,(H2,18,22)(H,20,23)/t12-/m0/s1. The summed E-state index contributed by atoms with van der Waals surface area (Å²) in [5, 5.41) is 6.61. The second-order valence-corrected chi connectivity index (χ2v) is 5.58. The summed E-state index contributed by atoms with van der Waals surface area (Å²) in [5.74, 6) is 0.274. The highest BCUT2D eigenvalue weighted by atomic mass is 16.5. The van der Waals surface area contributed by atoms with Crippen LogP contribution in [0.4, 0.5) is 5.69 Å². The van der Waals surface area contributed by atoms with Crippen LogP contribution >= 0.6 is 0 Å². The highest BCUT2D eigenvalue weighted by Gasteiger charge is 2.12. The number of nitrogens with two attached hydrogens (primary N) is 1. The van der Waals surface area contributed by atoms with Gasteiger partial charge in [-0.15, -0.1) is 0 Å². The van der Waals surface area contributed by atoms with Gasteiger partial charge in [0.2, 0.25) is 5.91 Å². The van der Waals surface area contributed by atoms with Gasteiger partial charge in [-0.25, -0.2) is 0 Å². The van der Waals surface area contributed by atoms with Gasteiger partial charge >= 0.3 is 0 Å². The number of carbonyl (C=O) groups is 2. The lowest BCUT2D eigenvalue weighted by molar-refractivity contribution is -0.119. The largest absolute Gasteiger partial charge is 0.483 e. The van der Waals surface area contributed by atoms with Gasteiger partial charge in [0, 0.05) is 6.20 Å². The van der Waals surface area contributed by atoms with Gasteiger partial charge in [0.05, 0.1) is 11.9 Å². The number of amides is 2. The molecule has 0 aliphatic carbocycles. The van der Waals surface area contributed by atoms with E-state index in [-0.39, 0.29) is 19.1 Å². The summed E-state index contributed by atoms with van der Waals surface area (Å²) in [4.78, 5) is 22.8. The minimum atomic E-state index is -0.499. The number of primary amides is 1. The van der Waals surface area contributed by atoms with Crippen molar-refractivity contribution >= 4 is 17.5 Å². The fraction of sp³-hybridized carbons (Fsp3) is 0.353. The van der Waals surface area contributed by atoms with Crippen LogP contribution in [0.15, 0.2) is 36.7 Å². The first-order valence-corrected chi connectivity index (χ1v) is 7.82. The van der Waals surface area contributed by atoms with Crippen LogP contribution in [0, 0.1) is 0 Å². The Hall–Kier alpha value is -2.83. The van der Waals surface area contributed by atoms with Gasteiger partial charge in [-0.2, -0.15) is 5.10 Å². The Bertz CT molecular complexity index is 711. The Kier molecular flexibility index (Phi) is 5.95. The molecule has 7 nitrogen and oxygen atoms in total. The summed E-state index contributed by atoms with van der Waals surface area (Å²) in [6.07, 6.45) is 3.98. The number of aromatic nitrogens is 2. The van der Waals surface area contributed by atoms with Crippen molar-refractivity contribution in [2.24, 2.45) is 5.73 Å². The van der Waals surface area contributed by atoms with Crippen LogP contribution in [0.1, 0.15) is 31.7 Å². The fourth-order valence-electron chi connectivity index (χ4n) is 2.25. The van der Waals surface area contributed by atoms with Crippen LogP contribution in [-0.4, -0.2) is 28.2 Å². The molecule has 0 bridgehead atoms. The molecule has 0 unspecified atom stereocenters. The van der Waals surface area contributed by atoms with Crippen molar-refractivity contribution in [1.82, 2.24) is 9.78 Å². The number of benzene rings is 1. The van der Waals surface area contributed by atoms with E-state index in [0.29, 0.717) is 17.4 Å². The van der Waals surface area contributed by atoms with Crippen LogP contribution in [0.3, 0.4) is 0 Å². The van der Waals surface area contributed by atoms with Gasteiger partial charge in [-0.1, -0.05) is 32.0 Å². The van der Waals surface area contributed by atoms with Crippen molar-refractivity contribution < 1.29 is 14.3 Å². The van der Waals surface area contributed by atoms with Crippen molar-refractivity contribution in [3.05, 3.63) is 42.2 Å². The number of nitrogens with zero attached hydrogens (tertiary/aromatic N) is 2. The lowest BCUT2D eigenvalue weighted by Gasteiger charge is -2.15. The molecule has 1 aromatic carbocycles. The molecular formula is C17H22N4O3. The number of rotatable bonds is 8. The van der Waals surface area contributed by atoms with Crippen LogP contribution in [-0.2, 0) is 16.1 Å². The fourth-order valence-corrected chi connectivity index (χ4v) is 2.25. The minimum Gasteiger partial charge on any atom is -0.483 e. The monoisotopic (exact) mass is 330 g/mol. The Morgan fingerprint density at radius 1 is 1.38 bits per heavy atom. The molecular weight excluding hydrogens is 308 g/mol. The molecule has 7 heteroatoms. The molecule has 24 heavy (non-hydrogen) atoms. The van der Waals surface area contributed by atoms with Gasteiger partial charge < -0.3 is 15.8 Å². The van der Waals surface area contributed by atoms with Crippen molar-refractivity contribution in [2.45, 2.75) is 32.7 Å². The summed E-state index contributed by atoms with van der Waals surface area (Å²) in [5.41, 5.74) is 6.66. The maximum atomic E-state index is 12.0. The third kappa shape index (κ3) is 4.84. The molecule has 3 N–H and O–H groups in total. The second-order valence-electron chi connectivity index (χ2n) is 5.58. The van der Waals surface area contributed by atoms with Crippen molar-refractivity contribution in [3.63, 3.8) is 0 Å². The number of carbonyl (C=O) groups excluding carboxylic acids is 2. The molecule has 2 aromatic rings. The summed E-state index contributed by atoms with van der Waals surface area (Å²) in [6.45, 7) is 4.09. The number of para-hydroxylation sites is 1. The van der Waals surface area contributed by atoms with Crippen molar-refractivity contribution in [2.75, 3.05) is 11.9 Å². The van der Waals surface area contributed by atoms with Gasteiger partial charge in [0.1, 0.15) is 12.3 Å². The quantitative estimate of drug-likeness (QED) is 0.772. The Morgan fingerprint density at radius 2 is 2.12 bits per heavy atom. The van der Waals surface area contributed by atoms with Gasteiger partial charge in [0.25, 0.3) is 5.91 Å². The second kappa shape index (κ2) is 8.14. The average Bonchev–Trinajstić information content (AvgIpc) is 2.98. The van der Waals surface area contributed by atoms with E-state index >= 15 is 0 Å². The molecule has 2 amide bonds. The van der Waals surface area contributed by atoms with Crippen LogP contribution < -0.4 is 15.8 Å². The third-order valence-corrected chi connectivity index (χ3v) is 3.66.